The quantitative estimate of drug-likeness (QED) is 0.0651. The molecule has 1 atom stereocenters. The first-order chi connectivity index (χ1) is 23.4. The molecule has 48 heavy (non-hydrogen) atoms. The number of unbranched alkanes of at least 4 members (excludes halogenated alkanes) is 14. The molecule has 2 aromatic rings. The van der Waals surface area contributed by atoms with Gasteiger partial charge in [-0.2, -0.15) is 0 Å². The van der Waals surface area contributed by atoms with E-state index in [0.717, 1.165) is 113 Å². The highest BCUT2D eigenvalue weighted by atomic mass is 16.6. The molecule has 2 aromatic heterocycles. The van der Waals surface area contributed by atoms with Crippen LogP contribution in [0.25, 0.3) is 0 Å². The molecule has 0 radical (unpaired) electrons. The van der Waals surface area contributed by atoms with Crippen molar-refractivity contribution in [2.24, 2.45) is 0 Å². The van der Waals surface area contributed by atoms with E-state index in [9.17, 15) is 14.7 Å². The third kappa shape index (κ3) is 18.9. The normalized spacial score (nSPS) is 12.0. The molecule has 0 aliphatic rings. The Balaban J connectivity index is 1.39. The third-order valence-electron chi connectivity index (χ3n) is 9.17. The van der Waals surface area contributed by atoms with Gasteiger partial charge in [-0.25, -0.2) is 0 Å². The van der Waals surface area contributed by atoms with Crippen molar-refractivity contribution in [1.29, 1.82) is 0 Å². The number of aliphatic hydroxyl groups is 1. The van der Waals surface area contributed by atoms with Gasteiger partial charge in [0.1, 0.15) is 29.6 Å². The van der Waals surface area contributed by atoms with Gasteiger partial charge in [0, 0.05) is 38.5 Å². The summed E-state index contributed by atoms with van der Waals surface area (Å²) in [4.78, 5) is 24.4. The van der Waals surface area contributed by atoms with Gasteiger partial charge in [0.2, 0.25) is 0 Å². The summed E-state index contributed by atoms with van der Waals surface area (Å²) in [6, 6.07) is 4.39. The van der Waals surface area contributed by atoms with E-state index in [4.69, 9.17) is 18.3 Å². The largest absolute Gasteiger partial charge is 0.466 e. The highest BCUT2D eigenvalue weighted by molar-refractivity contribution is 5.70. The van der Waals surface area contributed by atoms with Crippen LogP contribution in [0, 0.1) is 13.8 Å². The zero-order valence-corrected chi connectivity index (χ0v) is 31.0. The number of aliphatic hydroxyl groups excluding tert-OH is 1. The molecule has 0 aromatic carbocycles. The summed E-state index contributed by atoms with van der Waals surface area (Å²) in [5, 5.41) is 9.59. The maximum absolute atomic E-state index is 12.2. The highest BCUT2D eigenvalue weighted by Crippen LogP contribution is 2.21. The van der Waals surface area contributed by atoms with Crippen molar-refractivity contribution in [3.05, 3.63) is 46.3 Å². The maximum atomic E-state index is 12.2. The number of esters is 2. The average Bonchev–Trinajstić information content (AvgIpc) is 3.61. The molecule has 7 heteroatoms. The zero-order chi connectivity index (χ0) is 34.8. The predicted molar refractivity (Wildman–Crippen MR) is 193 cm³/mol. The van der Waals surface area contributed by atoms with E-state index in [0.29, 0.717) is 12.8 Å². The molecule has 2 rings (SSSR count). The molecular formula is C41H68O7. The average molecular weight is 673 g/mol. The Morgan fingerprint density at radius 3 is 1.56 bits per heavy atom. The Hall–Kier alpha value is -2.54. The summed E-state index contributed by atoms with van der Waals surface area (Å²) >= 11 is 0. The maximum Gasteiger partial charge on any atom is 0.306 e. The molecule has 0 saturated heterocycles. The second-order valence-electron chi connectivity index (χ2n) is 13.8. The Morgan fingerprint density at radius 1 is 0.604 bits per heavy atom. The van der Waals surface area contributed by atoms with Gasteiger partial charge in [-0.3, -0.25) is 9.59 Å². The van der Waals surface area contributed by atoms with Crippen molar-refractivity contribution in [1.82, 2.24) is 0 Å². The van der Waals surface area contributed by atoms with Crippen LogP contribution in [-0.2, 0) is 44.7 Å². The summed E-state index contributed by atoms with van der Waals surface area (Å²) in [6.07, 6.45) is 23.9. The molecule has 0 aliphatic heterocycles. The fourth-order valence-corrected chi connectivity index (χ4v) is 6.22. The van der Waals surface area contributed by atoms with Crippen molar-refractivity contribution in [2.45, 2.75) is 188 Å². The van der Waals surface area contributed by atoms with E-state index in [-0.39, 0.29) is 25.2 Å². The predicted octanol–water partition coefficient (Wildman–Crippen LogP) is 10.6. The summed E-state index contributed by atoms with van der Waals surface area (Å²) in [6.45, 7) is 8.25. The lowest BCUT2D eigenvalue weighted by atomic mass is 10.1. The smallest absolute Gasteiger partial charge is 0.306 e. The molecule has 0 amide bonds. The first kappa shape index (κ1) is 41.6. The van der Waals surface area contributed by atoms with Gasteiger partial charge in [-0.05, 0) is 75.6 Å². The van der Waals surface area contributed by atoms with Gasteiger partial charge in [0.05, 0.1) is 6.61 Å². The van der Waals surface area contributed by atoms with E-state index >= 15 is 0 Å². The van der Waals surface area contributed by atoms with Crippen LogP contribution in [0.1, 0.15) is 176 Å². The number of aryl methyl sites for hydroxylation is 6. The van der Waals surface area contributed by atoms with Crippen LogP contribution in [0.5, 0.6) is 0 Å². The van der Waals surface area contributed by atoms with E-state index < -0.39 is 6.10 Å². The summed E-state index contributed by atoms with van der Waals surface area (Å²) in [7, 11) is 0. The van der Waals surface area contributed by atoms with Crippen LogP contribution in [-0.4, -0.2) is 36.4 Å². The van der Waals surface area contributed by atoms with Crippen molar-refractivity contribution in [3.8, 4) is 0 Å². The molecule has 2 heterocycles. The lowest BCUT2D eigenvalue weighted by molar-refractivity contribution is -0.161. The van der Waals surface area contributed by atoms with E-state index in [1.807, 2.05) is 0 Å². The molecule has 0 spiro atoms. The molecule has 0 unspecified atom stereocenters. The number of carbonyl (C=O) groups is 2. The molecule has 1 N–H and O–H groups in total. The van der Waals surface area contributed by atoms with Gasteiger partial charge in [0.25, 0.3) is 0 Å². The Bertz CT molecular complexity index is 1110. The van der Waals surface area contributed by atoms with Crippen LogP contribution in [0.3, 0.4) is 0 Å². The second kappa shape index (κ2) is 26.3. The minimum absolute atomic E-state index is 0.0894. The van der Waals surface area contributed by atoms with Gasteiger partial charge < -0.3 is 23.4 Å². The fourth-order valence-electron chi connectivity index (χ4n) is 6.22. The number of hydrogen-bond acceptors (Lipinski definition) is 7. The third-order valence-corrected chi connectivity index (χ3v) is 9.17. The number of rotatable bonds is 30. The number of hydrogen-bond donors (Lipinski definition) is 1. The van der Waals surface area contributed by atoms with E-state index in [1.165, 1.54) is 62.5 Å². The summed E-state index contributed by atoms with van der Waals surface area (Å²) < 4.78 is 22.7. The van der Waals surface area contributed by atoms with Gasteiger partial charge in [0.15, 0.2) is 6.10 Å². The first-order valence-corrected chi connectivity index (χ1v) is 19.5. The van der Waals surface area contributed by atoms with E-state index in [1.54, 1.807) is 0 Å². The van der Waals surface area contributed by atoms with Crippen LogP contribution < -0.4 is 0 Å². The lowest BCUT2D eigenvalue weighted by Gasteiger charge is -2.15. The van der Waals surface area contributed by atoms with Crippen molar-refractivity contribution in [3.63, 3.8) is 0 Å². The van der Waals surface area contributed by atoms with Gasteiger partial charge in [-0.1, -0.05) is 90.9 Å². The first-order valence-electron chi connectivity index (χ1n) is 19.5. The van der Waals surface area contributed by atoms with Crippen LogP contribution in [0.15, 0.2) is 21.0 Å². The van der Waals surface area contributed by atoms with Crippen molar-refractivity contribution in [2.75, 3.05) is 13.2 Å². The van der Waals surface area contributed by atoms with Gasteiger partial charge >= 0.3 is 11.9 Å². The molecule has 0 saturated carbocycles. The monoisotopic (exact) mass is 672 g/mol. The molecule has 274 valence electrons. The number of carbonyl (C=O) groups excluding carboxylic acids is 2. The molecular weight excluding hydrogens is 604 g/mol. The molecule has 0 bridgehead atoms. The SMILES string of the molecule is CCCCCc1cc(C)c(CCCCCCCCC(=O)O[C@@H](CO)COC(=O)CCCCCCCCCCc2oc(CCC)cc2C)o1. The van der Waals surface area contributed by atoms with Crippen molar-refractivity contribution >= 4 is 11.9 Å². The second-order valence-corrected chi connectivity index (χ2v) is 13.8. The van der Waals surface area contributed by atoms with Crippen LogP contribution in [0.4, 0.5) is 0 Å². The lowest BCUT2D eigenvalue weighted by Crippen LogP contribution is -2.28. The molecule has 0 fully saturated rings. The minimum Gasteiger partial charge on any atom is -0.466 e. The van der Waals surface area contributed by atoms with Crippen LogP contribution >= 0.6 is 0 Å². The Morgan fingerprint density at radius 2 is 1.06 bits per heavy atom. The zero-order valence-electron chi connectivity index (χ0n) is 31.0. The summed E-state index contributed by atoms with van der Waals surface area (Å²) in [5.74, 6) is 3.90. The summed E-state index contributed by atoms with van der Waals surface area (Å²) in [5.41, 5.74) is 2.56. The minimum atomic E-state index is -0.797. The highest BCUT2D eigenvalue weighted by Gasteiger charge is 2.16. The van der Waals surface area contributed by atoms with E-state index in [2.05, 4.69) is 39.8 Å². The molecule has 0 aliphatic carbocycles. The number of furan rings is 2. The van der Waals surface area contributed by atoms with Crippen LogP contribution in [0.2, 0.25) is 0 Å². The standard InChI is InChI=1S/C41H68O7/c1-5-7-18-24-36-30-34(4)39(47-36)26-20-15-12-13-17-22-28-41(44)48-37(31-42)32-45-40(43)27-21-16-11-9-8-10-14-19-25-38-33(3)29-35(46-38)23-6-2/h29-30,37,42H,5-28,31-32H2,1-4H3/t37-/m0/s1. The topological polar surface area (TPSA) is 99.1 Å². The molecule has 7 nitrogen and oxygen atoms in total. The Kier molecular flexibility index (Phi) is 22.8. The van der Waals surface area contributed by atoms with Crippen molar-refractivity contribution < 1.29 is 33.0 Å². The van der Waals surface area contributed by atoms with Gasteiger partial charge in [-0.15, -0.1) is 0 Å². The fraction of sp³-hybridized carbons (Fsp3) is 0.756. The Labute approximate surface area is 291 Å². The number of ether oxygens (including phenoxy) is 2.